The van der Waals surface area contributed by atoms with Crippen LogP contribution in [0.5, 0.6) is 11.5 Å². The Kier molecular flexibility index (Phi) is 4.06. The standard InChI is InChI=1S/C14H19N3O2/c1-9-14(17-13(16-9)6-7-15)11-8-10(18-2)4-5-12(11)19-3/h4-5,8H,6-7,15H2,1-3H3,(H,16,17). The average Bonchev–Trinajstić information content (AvgIpc) is 2.79. The molecular formula is C14H19N3O2. The molecule has 0 bridgehead atoms. The maximum atomic E-state index is 5.56. The number of aromatic amines is 1. The first kappa shape index (κ1) is 13.4. The van der Waals surface area contributed by atoms with Crippen LogP contribution in [0.4, 0.5) is 0 Å². The molecule has 0 atom stereocenters. The second kappa shape index (κ2) is 5.75. The third-order valence-electron chi connectivity index (χ3n) is 2.98. The highest BCUT2D eigenvalue weighted by Crippen LogP contribution is 2.34. The van der Waals surface area contributed by atoms with E-state index in [0.29, 0.717) is 6.54 Å². The fourth-order valence-corrected chi connectivity index (χ4v) is 2.04. The molecule has 0 amide bonds. The van der Waals surface area contributed by atoms with Gasteiger partial charge in [0.15, 0.2) is 0 Å². The molecule has 0 spiro atoms. The van der Waals surface area contributed by atoms with Gasteiger partial charge in [-0.05, 0) is 31.7 Å². The number of ether oxygens (including phenoxy) is 2. The van der Waals surface area contributed by atoms with Gasteiger partial charge >= 0.3 is 0 Å². The predicted molar refractivity (Wildman–Crippen MR) is 74.6 cm³/mol. The summed E-state index contributed by atoms with van der Waals surface area (Å²) in [5.41, 5.74) is 8.34. The normalized spacial score (nSPS) is 10.5. The second-order valence-electron chi connectivity index (χ2n) is 4.26. The van der Waals surface area contributed by atoms with Gasteiger partial charge < -0.3 is 20.2 Å². The number of hydrogen-bond donors (Lipinski definition) is 2. The Hall–Kier alpha value is -2.01. The van der Waals surface area contributed by atoms with Crippen LogP contribution in [-0.4, -0.2) is 30.7 Å². The van der Waals surface area contributed by atoms with E-state index in [9.17, 15) is 0 Å². The Bertz CT molecular complexity index is 564. The van der Waals surface area contributed by atoms with E-state index in [4.69, 9.17) is 15.2 Å². The van der Waals surface area contributed by atoms with Crippen molar-refractivity contribution in [1.29, 1.82) is 0 Å². The quantitative estimate of drug-likeness (QED) is 0.862. The first-order chi connectivity index (χ1) is 9.19. The number of hydrogen-bond acceptors (Lipinski definition) is 4. The number of methoxy groups -OCH3 is 2. The molecule has 5 nitrogen and oxygen atoms in total. The third kappa shape index (κ3) is 2.71. The minimum absolute atomic E-state index is 0.571. The number of benzene rings is 1. The highest BCUT2D eigenvalue weighted by atomic mass is 16.5. The van der Waals surface area contributed by atoms with Gasteiger partial charge in [-0.1, -0.05) is 0 Å². The molecule has 0 aliphatic carbocycles. The van der Waals surface area contributed by atoms with Crippen molar-refractivity contribution in [2.75, 3.05) is 20.8 Å². The van der Waals surface area contributed by atoms with Crippen LogP contribution < -0.4 is 15.2 Å². The lowest BCUT2D eigenvalue weighted by atomic mass is 10.1. The fraction of sp³-hybridized carbons (Fsp3) is 0.357. The summed E-state index contributed by atoms with van der Waals surface area (Å²) in [4.78, 5) is 7.83. The summed E-state index contributed by atoms with van der Waals surface area (Å²) >= 11 is 0. The zero-order valence-corrected chi connectivity index (χ0v) is 11.5. The van der Waals surface area contributed by atoms with E-state index in [0.717, 1.165) is 40.7 Å². The molecule has 0 aliphatic rings. The van der Waals surface area contributed by atoms with Crippen LogP contribution in [-0.2, 0) is 6.42 Å². The minimum Gasteiger partial charge on any atom is -0.497 e. The molecule has 1 aromatic heterocycles. The Morgan fingerprint density at radius 3 is 2.68 bits per heavy atom. The highest BCUT2D eigenvalue weighted by molar-refractivity contribution is 5.71. The number of H-pyrrole nitrogens is 1. The highest BCUT2D eigenvalue weighted by Gasteiger charge is 2.14. The first-order valence-electron chi connectivity index (χ1n) is 6.17. The number of aromatic nitrogens is 2. The average molecular weight is 261 g/mol. The van der Waals surface area contributed by atoms with E-state index < -0.39 is 0 Å². The molecule has 5 heteroatoms. The molecular weight excluding hydrogens is 242 g/mol. The zero-order valence-electron chi connectivity index (χ0n) is 11.5. The number of rotatable bonds is 5. The van der Waals surface area contributed by atoms with Crippen LogP contribution in [0.15, 0.2) is 18.2 Å². The largest absolute Gasteiger partial charge is 0.497 e. The molecule has 3 N–H and O–H groups in total. The van der Waals surface area contributed by atoms with E-state index in [1.807, 2.05) is 25.1 Å². The number of nitrogens with one attached hydrogen (secondary N) is 1. The van der Waals surface area contributed by atoms with Crippen molar-refractivity contribution in [3.63, 3.8) is 0 Å². The second-order valence-corrected chi connectivity index (χ2v) is 4.26. The molecule has 1 heterocycles. The van der Waals surface area contributed by atoms with E-state index in [1.165, 1.54) is 0 Å². The Morgan fingerprint density at radius 1 is 1.26 bits per heavy atom. The smallest absolute Gasteiger partial charge is 0.128 e. The third-order valence-corrected chi connectivity index (χ3v) is 2.98. The van der Waals surface area contributed by atoms with Crippen molar-refractivity contribution in [3.8, 4) is 22.8 Å². The van der Waals surface area contributed by atoms with Crippen LogP contribution in [0.2, 0.25) is 0 Å². The topological polar surface area (TPSA) is 73.2 Å². The summed E-state index contributed by atoms with van der Waals surface area (Å²) in [6.07, 6.45) is 0.729. The summed E-state index contributed by atoms with van der Waals surface area (Å²) in [7, 11) is 3.29. The molecule has 0 fully saturated rings. The van der Waals surface area contributed by atoms with E-state index in [2.05, 4.69) is 9.97 Å². The minimum atomic E-state index is 0.571. The molecule has 0 aliphatic heterocycles. The summed E-state index contributed by atoms with van der Waals surface area (Å²) < 4.78 is 10.6. The summed E-state index contributed by atoms with van der Waals surface area (Å²) in [5, 5.41) is 0. The SMILES string of the molecule is COc1ccc(OC)c(-c2nc(CCN)[nH]c2C)c1. The number of nitrogens with two attached hydrogens (primary N) is 1. The first-order valence-corrected chi connectivity index (χ1v) is 6.17. The number of imidazole rings is 1. The molecule has 0 radical (unpaired) electrons. The van der Waals surface area contributed by atoms with Gasteiger partial charge in [-0.3, -0.25) is 0 Å². The zero-order chi connectivity index (χ0) is 13.8. The Morgan fingerprint density at radius 2 is 2.05 bits per heavy atom. The van der Waals surface area contributed by atoms with Crippen LogP contribution >= 0.6 is 0 Å². The molecule has 19 heavy (non-hydrogen) atoms. The summed E-state index contributed by atoms with van der Waals surface area (Å²) in [5.74, 6) is 2.44. The fourth-order valence-electron chi connectivity index (χ4n) is 2.04. The van der Waals surface area contributed by atoms with Crippen LogP contribution in [0.25, 0.3) is 11.3 Å². The maximum Gasteiger partial charge on any atom is 0.128 e. The molecule has 0 saturated heterocycles. The van der Waals surface area contributed by atoms with Crippen molar-refractivity contribution < 1.29 is 9.47 Å². The lowest BCUT2D eigenvalue weighted by molar-refractivity contribution is 0.404. The van der Waals surface area contributed by atoms with E-state index in [-0.39, 0.29) is 0 Å². The summed E-state index contributed by atoms with van der Waals surface area (Å²) in [6.45, 7) is 2.56. The van der Waals surface area contributed by atoms with Gasteiger partial charge in [0.2, 0.25) is 0 Å². The maximum absolute atomic E-state index is 5.56. The van der Waals surface area contributed by atoms with Crippen LogP contribution in [0.1, 0.15) is 11.5 Å². The van der Waals surface area contributed by atoms with Crippen molar-refractivity contribution in [2.24, 2.45) is 5.73 Å². The van der Waals surface area contributed by atoms with Crippen molar-refractivity contribution >= 4 is 0 Å². The van der Waals surface area contributed by atoms with Crippen LogP contribution in [0, 0.1) is 6.92 Å². The molecule has 102 valence electrons. The van der Waals surface area contributed by atoms with Crippen molar-refractivity contribution in [3.05, 3.63) is 29.7 Å². The molecule has 0 saturated carbocycles. The van der Waals surface area contributed by atoms with Gasteiger partial charge in [-0.15, -0.1) is 0 Å². The van der Waals surface area contributed by atoms with Gasteiger partial charge in [-0.2, -0.15) is 0 Å². The van der Waals surface area contributed by atoms with E-state index >= 15 is 0 Å². The summed E-state index contributed by atoms with van der Waals surface area (Å²) in [6, 6.07) is 5.67. The number of nitrogens with zero attached hydrogens (tertiary/aromatic N) is 1. The van der Waals surface area contributed by atoms with Gasteiger partial charge in [0.05, 0.1) is 19.9 Å². The molecule has 0 unspecified atom stereocenters. The van der Waals surface area contributed by atoms with Gasteiger partial charge in [0, 0.05) is 17.7 Å². The van der Waals surface area contributed by atoms with E-state index in [1.54, 1.807) is 14.2 Å². The Labute approximate surface area is 112 Å². The predicted octanol–water partition coefficient (Wildman–Crippen LogP) is 1.90. The van der Waals surface area contributed by atoms with Crippen LogP contribution in [0.3, 0.4) is 0 Å². The van der Waals surface area contributed by atoms with Gasteiger partial charge in [0.25, 0.3) is 0 Å². The Balaban J connectivity index is 2.50. The van der Waals surface area contributed by atoms with Gasteiger partial charge in [-0.25, -0.2) is 4.98 Å². The number of aryl methyl sites for hydroxylation is 1. The van der Waals surface area contributed by atoms with Crippen molar-refractivity contribution in [2.45, 2.75) is 13.3 Å². The monoisotopic (exact) mass is 261 g/mol. The van der Waals surface area contributed by atoms with Crippen molar-refractivity contribution in [1.82, 2.24) is 9.97 Å². The lowest BCUT2D eigenvalue weighted by Gasteiger charge is -2.09. The molecule has 1 aromatic carbocycles. The lowest BCUT2D eigenvalue weighted by Crippen LogP contribution is -2.03. The molecule has 2 aromatic rings. The molecule has 2 rings (SSSR count). The van der Waals surface area contributed by atoms with Gasteiger partial charge in [0.1, 0.15) is 17.3 Å².